The molecule has 0 aliphatic carbocycles. The second kappa shape index (κ2) is 10.2. The van der Waals surface area contributed by atoms with E-state index in [1.807, 2.05) is 36.4 Å². The third-order valence-corrected chi connectivity index (χ3v) is 5.81. The molecule has 0 bridgehead atoms. The van der Waals surface area contributed by atoms with Gasteiger partial charge < -0.3 is 24.3 Å². The number of thiocarbonyl (C=S) groups is 1. The van der Waals surface area contributed by atoms with Gasteiger partial charge in [0, 0.05) is 0 Å². The van der Waals surface area contributed by atoms with Crippen LogP contribution in [0.5, 0.6) is 23.0 Å². The highest BCUT2D eigenvalue weighted by Crippen LogP contribution is 2.36. The van der Waals surface area contributed by atoms with E-state index in [0.717, 1.165) is 9.13 Å². The third kappa shape index (κ3) is 5.55. The number of carbonyl (C=O) groups excluding carboxylic acids is 1. The maximum absolute atomic E-state index is 11.9. The number of hydrogen-bond acceptors (Lipinski definition) is 7. The Balaban J connectivity index is 1.67. The van der Waals surface area contributed by atoms with Crippen LogP contribution in [-0.2, 0) is 4.79 Å². The summed E-state index contributed by atoms with van der Waals surface area (Å²) in [4.78, 5) is 12.4. The predicted octanol–water partition coefficient (Wildman–Crippen LogP) is 4.26. The lowest BCUT2D eigenvalue weighted by Crippen LogP contribution is -2.17. The van der Waals surface area contributed by atoms with Crippen molar-refractivity contribution in [2.75, 3.05) is 27.4 Å². The first-order valence-electron chi connectivity index (χ1n) is 8.53. The highest BCUT2D eigenvalue weighted by Gasteiger charge is 2.22. The van der Waals surface area contributed by atoms with Crippen molar-refractivity contribution < 1.29 is 23.7 Å². The van der Waals surface area contributed by atoms with E-state index in [-0.39, 0.29) is 5.91 Å². The first kappa shape index (κ1) is 21.7. The van der Waals surface area contributed by atoms with Gasteiger partial charge >= 0.3 is 0 Å². The number of amides is 1. The van der Waals surface area contributed by atoms with Gasteiger partial charge in [-0.15, -0.1) is 0 Å². The molecule has 1 fully saturated rings. The number of rotatable bonds is 8. The van der Waals surface area contributed by atoms with E-state index in [9.17, 15) is 4.79 Å². The SMILES string of the molecule is COc1ccccc1OCCOc1c(I)cc(C=C2SC(=S)NC2=O)cc1OC. The lowest BCUT2D eigenvalue weighted by Gasteiger charge is -2.15. The van der Waals surface area contributed by atoms with Crippen molar-refractivity contribution in [1.29, 1.82) is 0 Å². The quantitative estimate of drug-likeness (QED) is 0.231. The minimum Gasteiger partial charge on any atom is -0.493 e. The Kier molecular flexibility index (Phi) is 7.62. The number of thioether (sulfide) groups is 1. The van der Waals surface area contributed by atoms with Gasteiger partial charge in [-0.25, -0.2) is 0 Å². The molecule has 29 heavy (non-hydrogen) atoms. The van der Waals surface area contributed by atoms with Gasteiger partial charge in [0.2, 0.25) is 0 Å². The molecule has 152 valence electrons. The zero-order valence-electron chi connectivity index (χ0n) is 15.7. The fourth-order valence-electron chi connectivity index (χ4n) is 2.57. The van der Waals surface area contributed by atoms with Crippen LogP contribution in [0.15, 0.2) is 41.3 Å². The van der Waals surface area contributed by atoms with Crippen LogP contribution in [0.4, 0.5) is 0 Å². The zero-order valence-corrected chi connectivity index (χ0v) is 19.5. The number of carbonyl (C=O) groups is 1. The molecule has 2 aromatic carbocycles. The third-order valence-electron chi connectivity index (χ3n) is 3.85. The highest BCUT2D eigenvalue weighted by molar-refractivity contribution is 14.1. The fraction of sp³-hybridized carbons (Fsp3) is 0.200. The molecule has 9 heteroatoms. The number of nitrogens with one attached hydrogen (secondary N) is 1. The standard InChI is InChI=1S/C20H18INO5S2/c1-24-14-5-3-4-6-15(14)26-7-8-27-18-13(21)9-12(10-16(18)25-2)11-17-19(23)22-20(28)29-17/h3-6,9-11H,7-8H2,1-2H3,(H,22,23,28). The second-order valence-corrected chi connectivity index (χ2v) is 8.62. The number of hydrogen-bond donors (Lipinski definition) is 1. The number of para-hydroxylation sites is 2. The lowest BCUT2D eigenvalue weighted by atomic mass is 10.2. The van der Waals surface area contributed by atoms with Gasteiger partial charge in [0.25, 0.3) is 5.91 Å². The van der Waals surface area contributed by atoms with Gasteiger partial charge in [-0.05, 0) is 58.5 Å². The second-order valence-electron chi connectivity index (χ2n) is 5.73. The van der Waals surface area contributed by atoms with Gasteiger partial charge in [-0.1, -0.05) is 36.1 Å². The molecule has 1 amide bonds. The molecule has 0 saturated carbocycles. The number of halogens is 1. The zero-order chi connectivity index (χ0) is 20.8. The average molecular weight is 543 g/mol. The van der Waals surface area contributed by atoms with E-state index >= 15 is 0 Å². The van der Waals surface area contributed by atoms with Crippen molar-refractivity contribution in [3.05, 3.63) is 50.4 Å². The normalized spacial score (nSPS) is 14.7. The van der Waals surface area contributed by atoms with Crippen LogP contribution in [-0.4, -0.2) is 37.7 Å². The Morgan fingerprint density at radius 2 is 1.76 bits per heavy atom. The maximum Gasteiger partial charge on any atom is 0.263 e. The molecule has 2 aromatic rings. The summed E-state index contributed by atoms with van der Waals surface area (Å²) in [6.45, 7) is 0.678. The van der Waals surface area contributed by atoms with Crippen molar-refractivity contribution in [1.82, 2.24) is 5.32 Å². The van der Waals surface area contributed by atoms with E-state index < -0.39 is 0 Å². The van der Waals surface area contributed by atoms with Gasteiger partial charge in [0.15, 0.2) is 23.0 Å². The molecule has 1 heterocycles. The molecular weight excluding hydrogens is 525 g/mol. The summed E-state index contributed by atoms with van der Waals surface area (Å²) in [5.74, 6) is 2.34. The first-order chi connectivity index (χ1) is 14.0. The van der Waals surface area contributed by atoms with Crippen molar-refractivity contribution in [2.24, 2.45) is 0 Å². The van der Waals surface area contributed by atoms with Crippen molar-refractivity contribution >= 4 is 62.9 Å². The monoisotopic (exact) mass is 543 g/mol. The van der Waals surface area contributed by atoms with Crippen LogP contribution in [0.25, 0.3) is 6.08 Å². The van der Waals surface area contributed by atoms with E-state index in [4.69, 9.17) is 31.2 Å². The molecule has 1 saturated heterocycles. The average Bonchev–Trinajstić information content (AvgIpc) is 3.03. The topological polar surface area (TPSA) is 66.0 Å². The molecule has 1 aliphatic heterocycles. The van der Waals surface area contributed by atoms with Crippen LogP contribution in [0.2, 0.25) is 0 Å². The van der Waals surface area contributed by atoms with E-state index in [0.29, 0.717) is 45.4 Å². The van der Waals surface area contributed by atoms with Crippen molar-refractivity contribution in [3.8, 4) is 23.0 Å². The minimum atomic E-state index is -0.192. The largest absolute Gasteiger partial charge is 0.493 e. The number of benzene rings is 2. The molecule has 1 N–H and O–H groups in total. The molecular formula is C20H18INO5S2. The lowest BCUT2D eigenvalue weighted by molar-refractivity contribution is -0.115. The van der Waals surface area contributed by atoms with Gasteiger partial charge in [0.05, 0.1) is 22.7 Å². The Labute approximate surface area is 192 Å². The molecule has 0 spiro atoms. The summed E-state index contributed by atoms with van der Waals surface area (Å²) < 4.78 is 23.7. The summed E-state index contributed by atoms with van der Waals surface area (Å²) >= 11 is 8.44. The van der Waals surface area contributed by atoms with Crippen molar-refractivity contribution in [3.63, 3.8) is 0 Å². The minimum absolute atomic E-state index is 0.192. The van der Waals surface area contributed by atoms with Gasteiger partial charge in [0.1, 0.15) is 17.5 Å². The van der Waals surface area contributed by atoms with Crippen LogP contribution in [0.3, 0.4) is 0 Å². The highest BCUT2D eigenvalue weighted by atomic mass is 127. The molecule has 0 unspecified atom stereocenters. The maximum atomic E-state index is 11.9. The van der Waals surface area contributed by atoms with Gasteiger partial charge in [-0.3, -0.25) is 4.79 Å². The molecule has 0 radical (unpaired) electrons. The van der Waals surface area contributed by atoms with Crippen LogP contribution in [0.1, 0.15) is 5.56 Å². The van der Waals surface area contributed by atoms with E-state index in [1.165, 1.54) is 11.8 Å². The summed E-state index contributed by atoms with van der Waals surface area (Å²) in [5, 5.41) is 2.60. The Hall–Kier alpha value is -1.98. The van der Waals surface area contributed by atoms with Crippen LogP contribution in [0, 0.1) is 3.57 Å². The summed E-state index contributed by atoms with van der Waals surface area (Å²) in [7, 11) is 3.18. The van der Waals surface area contributed by atoms with Crippen LogP contribution < -0.4 is 24.3 Å². The molecule has 3 rings (SSSR count). The molecule has 1 aliphatic rings. The van der Waals surface area contributed by atoms with E-state index in [1.54, 1.807) is 20.3 Å². The number of methoxy groups -OCH3 is 2. The Morgan fingerprint density at radius 1 is 1.07 bits per heavy atom. The fourth-order valence-corrected chi connectivity index (χ4v) is 4.39. The van der Waals surface area contributed by atoms with Gasteiger partial charge in [-0.2, -0.15) is 0 Å². The van der Waals surface area contributed by atoms with Crippen LogP contribution >= 0.6 is 46.6 Å². The molecule has 0 atom stereocenters. The molecule has 6 nitrogen and oxygen atoms in total. The van der Waals surface area contributed by atoms with Crippen molar-refractivity contribution in [2.45, 2.75) is 0 Å². The Bertz CT molecular complexity index is 964. The summed E-state index contributed by atoms with van der Waals surface area (Å²) in [6.07, 6.45) is 1.78. The summed E-state index contributed by atoms with van der Waals surface area (Å²) in [6, 6.07) is 11.2. The molecule has 0 aromatic heterocycles. The first-order valence-corrected chi connectivity index (χ1v) is 10.8. The number of ether oxygens (including phenoxy) is 4. The predicted molar refractivity (Wildman–Crippen MR) is 126 cm³/mol. The Morgan fingerprint density at radius 3 is 2.41 bits per heavy atom. The van der Waals surface area contributed by atoms with E-state index in [2.05, 4.69) is 27.9 Å². The smallest absolute Gasteiger partial charge is 0.263 e. The summed E-state index contributed by atoms with van der Waals surface area (Å²) in [5.41, 5.74) is 0.825.